The summed E-state index contributed by atoms with van der Waals surface area (Å²) < 4.78 is 13.9. The Morgan fingerprint density at radius 3 is 2.81 bits per heavy atom. The van der Waals surface area contributed by atoms with Gasteiger partial charge in [0.1, 0.15) is 11.5 Å². The second-order valence-corrected chi connectivity index (χ2v) is 6.62. The maximum Gasteiger partial charge on any atom is 0.272 e. The largest absolute Gasteiger partial charge is 0.355 e. The number of fused-ring (bicyclic) bond motifs is 1. The fourth-order valence-electron chi connectivity index (χ4n) is 3.36. The van der Waals surface area contributed by atoms with Gasteiger partial charge in [0.25, 0.3) is 5.91 Å². The van der Waals surface area contributed by atoms with Gasteiger partial charge in [0.2, 0.25) is 5.91 Å². The van der Waals surface area contributed by atoms with Crippen LogP contribution in [-0.2, 0) is 4.79 Å². The number of hydrogen-bond acceptors (Lipinski definition) is 2. The third-order valence-corrected chi connectivity index (χ3v) is 4.79. The maximum atomic E-state index is 13.9. The van der Waals surface area contributed by atoms with Gasteiger partial charge in [-0.05, 0) is 42.3 Å². The van der Waals surface area contributed by atoms with Crippen LogP contribution in [0, 0.1) is 12.7 Å². The van der Waals surface area contributed by atoms with E-state index in [9.17, 15) is 14.0 Å². The van der Waals surface area contributed by atoms with Gasteiger partial charge in [-0.3, -0.25) is 9.59 Å². The summed E-state index contributed by atoms with van der Waals surface area (Å²) in [5.41, 5.74) is 3.44. The molecule has 3 aromatic rings. The number of anilines is 1. The zero-order chi connectivity index (χ0) is 18.3. The molecule has 6 heteroatoms. The van der Waals surface area contributed by atoms with Crippen LogP contribution in [0.5, 0.6) is 0 Å². The Morgan fingerprint density at radius 2 is 2.08 bits per heavy atom. The zero-order valence-electron chi connectivity index (χ0n) is 14.2. The minimum absolute atomic E-state index is 0.0416. The van der Waals surface area contributed by atoms with Crippen LogP contribution in [0.3, 0.4) is 0 Å². The molecule has 2 heterocycles. The van der Waals surface area contributed by atoms with E-state index in [4.69, 9.17) is 0 Å². The molecule has 0 saturated carbocycles. The van der Waals surface area contributed by atoms with E-state index in [1.165, 1.54) is 12.1 Å². The molecule has 1 aliphatic rings. The quantitative estimate of drug-likeness (QED) is 0.676. The minimum atomic E-state index is -0.360. The summed E-state index contributed by atoms with van der Waals surface area (Å²) in [7, 11) is 0. The van der Waals surface area contributed by atoms with Gasteiger partial charge in [-0.2, -0.15) is 0 Å². The highest BCUT2D eigenvalue weighted by Crippen LogP contribution is 2.26. The number of amides is 2. The predicted octanol–water partition coefficient (Wildman–Crippen LogP) is 3.47. The van der Waals surface area contributed by atoms with Crippen molar-refractivity contribution in [1.29, 1.82) is 0 Å². The van der Waals surface area contributed by atoms with Gasteiger partial charge in [-0.1, -0.05) is 18.2 Å². The first-order valence-electron chi connectivity index (χ1n) is 8.47. The average Bonchev–Trinajstić information content (AvgIpc) is 3.26. The lowest BCUT2D eigenvalue weighted by Crippen LogP contribution is -2.14. The number of carbonyl (C=O) groups excluding carboxylic acids is 2. The molecule has 3 N–H and O–H groups in total. The fourth-order valence-corrected chi connectivity index (χ4v) is 3.36. The van der Waals surface area contributed by atoms with Gasteiger partial charge in [0, 0.05) is 30.0 Å². The Kier molecular flexibility index (Phi) is 3.95. The third kappa shape index (κ3) is 2.94. The Bertz CT molecular complexity index is 986. The average molecular weight is 351 g/mol. The van der Waals surface area contributed by atoms with Crippen molar-refractivity contribution in [3.05, 3.63) is 65.1 Å². The summed E-state index contributed by atoms with van der Waals surface area (Å²) in [6.45, 7) is 2.47. The molecule has 0 spiro atoms. The van der Waals surface area contributed by atoms with Crippen LogP contribution < -0.4 is 10.6 Å². The molecule has 4 rings (SSSR count). The number of H-pyrrole nitrogens is 1. The lowest BCUT2D eigenvalue weighted by molar-refractivity contribution is -0.119. The van der Waals surface area contributed by atoms with Crippen LogP contribution in [0.1, 0.15) is 34.0 Å². The van der Waals surface area contributed by atoms with Gasteiger partial charge >= 0.3 is 0 Å². The monoisotopic (exact) mass is 351 g/mol. The molecule has 0 aliphatic carbocycles. The Balaban J connectivity index is 1.58. The molecule has 1 saturated heterocycles. The highest BCUT2D eigenvalue weighted by molar-refractivity contribution is 6.06. The maximum absolute atomic E-state index is 13.9. The van der Waals surface area contributed by atoms with E-state index in [-0.39, 0.29) is 23.5 Å². The molecular formula is C20H18FN3O2. The summed E-state index contributed by atoms with van der Waals surface area (Å²) in [6.07, 6.45) is 0.456. The first kappa shape index (κ1) is 16.3. The molecule has 1 atom stereocenters. The summed E-state index contributed by atoms with van der Waals surface area (Å²) in [4.78, 5) is 27.0. The molecular weight excluding hydrogens is 333 g/mol. The lowest BCUT2D eigenvalue weighted by atomic mass is 9.98. The van der Waals surface area contributed by atoms with Crippen molar-refractivity contribution < 1.29 is 14.0 Å². The second-order valence-electron chi connectivity index (χ2n) is 6.62. The summed E-state index contributed by atoms with van der Waals surface area (Å²) >= 11 is 0. The number of aromatic nitrogens is 1. The molecule has 26 heavy (non-hydrogen) atoms. The zero-order valence-corrected chi connectivity index (χ0v) is 14.2. The van der Waals surface area contributed by atoms with E-state index in [1.54, 1.807) is 12.1 Å². The third-order valence-electron chi connectivity index (χ3n) is 4.79. The molecule has 132 valence electrons. The number of carbonyl (C=O) groups is 2. The number of rotatable bonds is 3. The van der Waals surface area contributed by atoms with E-state index in [0.29, 0.717) is 35.2 Å². The van der Waals surface area contributed by atoms with E-state index in [2.05, 4.69) is 15.6 Å². The summed E-state index contributed by atoms with van der Waals surface area (Å²) in [5, 5.41) is 6.05. The van der Waals surface area contributed by atoms with Crippen LogP contribution in [0.4, 0.5) is 10.1 Å². The van der Waals surface area contributed by atoms with Gasteiger partial charge < -0.3 is 15.6 Å². The smallest absolute Gasteiger partial charge is 0.272 e. The van der Waals surface area contributed by atoms with Crippen LogP contribution in [0.15, 0.2) is 42.5 Å². The Hall–Kier alpha value is -3.15. The number of benzene rings is 2. The predicted molar refractivity (Wildman–Crippen MR) is 97.8 cm³/mol. The number of hydrogen-bond donors (Lipinski definition) is 3. The first-order chi connectivity index (χ1) is 12.5. The standard InChI is InChI=1S/C20H18FN3O2/c1-11-5-6-16(21)15-9-17(24-19(11)15)20(26)23-14-4-2-3-12(7-14)13-8-18(25)22-10-13/h2-7,9,13,24H,8,10H2,1H3,(H,22,25)(H,23,26). The normalized spacial score (nSPS) is 16.7. The van der Waals surface area contributed by atoms with Crippen molar-refractivity contribution in [2.75, 3.05) is 11.9 Å². The molecule has 1 fully saturated rings. The van der Waals surface area contributed by atoms with E-state index in [0.717, 1.165) is 11.1 Å². The molecule has 5 nitrogen and oxygen atoms in total. The van der Waals surface area contributed by atoms with Crippen molar-refractivity contribution in [1.82, 2.24) is 10.3 Å². The Labute approximate surface area is 149 Å². The van der Waals surface area contributed by atoms with E-state index in [1.807, 2.05) is 25.1 Å². The van der Waals surface area contributed by atoms with Crippen molar-refractivity contribution >= 4 is 28.4 Å². The number of aryl methyl sites for hydroxylation is 1. The van der Waals surface area contributed by atoms with Crippen molar-refractivity contribution in [3.63, 3.8) is 0 Å². The van der Waals surface area contributed by atoms with Gasteiger partial charge in [-0.15, -0.1) is 0 Å². The molecule has 0 radical (unpaired) electrons. The van der Waals surface area contributed by atoms with Crippen LogP contribution in [0.25, 0.3) is 10.9 Å². The number of halogens is 1. The van der Waals surface area contributed by atoms with Crippen molar-refractivity contribution in [2.24, 2.45) is 0 Å². The molecule has 2 amide bonds. The highest BCUT2D eigenvalue weighted by atomic mass is 19.1. The highest BCUT2D eigenvalue weighted by Gasteiger charge is 2.23. The fraction of sp³-hybridized carbons (Fsp3) is 0.200. The SMILES string of the molecule is Cc1ccc(F)c2cc(C(=O)Nc3cccc(C4CNC(=O)C4)c3)[nH]c12. The lowest BCUT2D eigenvalue weighted by Gasteiger charge is -2.10. The molecule has 1 aliphatic heterocycles. The number of aromatic amines is 1. The minimum Gasteiger partial charge on any atom is -0.355 e. The van der Waals surface area contributed by atoms with Gasteiger partial charge in [-0.25, -0.2) is 4.39 Å². The van der Waals surface area contributed by atoms with Crippen molar-refractivity contribution in [3.8, 4) is 0 Å². The second kappa shape index (κ2) is 6.29. The summed E-state index contributed by atoms with van der Waals surface area (Å²) in [5.74, 6) is -0.539. The van der Waals surface area contributed by atoms with Gasteiger partial charge in [0.05, 0.1) is 5.52 Å². The van der Waals surface area contributed by atoms with E-state index < -0.39 is 0 Å². The molecule has 2 aromatic carbocycles. The van der Waals surface area contributed by atoms with Crippen LogP contribution in [-0.4, -0.2) is 23.3 Å². The molecule has 0 bridgehead atoms. The van der Waals surface area contributed by atoms with Crippen molar-refractivity contribution in [2.45, 2.75) is 19.3 Å². The van der Waals surface area contributed by atoms with Crippen LogP contribution >= 0.6 is 0 Å². The Morgan fingerprint density at radius 1 is 1.23 bits per heavy atom. The number of nitrogens with one attached hydrogen (secondary N) is 3. The summed E-state index contributed by atoms with van der Waals surface area (Å²) in [6, 6.07) is 12.1. The van der Waals surface area contributed by atoms with Crippen LogP contribution in [0.2, 0.25) is 0 Å². The topological polar surface area (TPSA) is 74.0 Å². The molecule has 1 unspecified atom stereocenters. The first-order valence-corrected chi connectivity index (χ1v) is 8.47. The van der Waals surface area contributed by atoms with E-state index >= 15 is 0 Å². The van der Waals surface area contributed by atoms with Gasteiger partial charge in [0.15, 0.2) is 0 Å². The molecule has 1 aromatic heterocycles.